The minimum Gasteiger partial charge on any atom is -0.369 e. The van der Waals surface area contributed by atoms with Crippen LogP contribution in [0.15, 0.2) is 18.5 Å². The maximum Gasteiger partial charge on any atom is 0.317 e. The minimum absolute atomic E-state index is 0.0443. The van der Waals surface area contributed by atoms with Crippen LogP contribution in [0.3, 0.4) is 0 Å². The normalized spacial score (nSPS) is 25.3. The fourth-order valence-corrected chi connectivity index (χ4v) is 4.89. The molecule has 9 heteroatoms. The Balaban J connectivity index is 1.59. The van der Waals surface area contributed by atoms with E-state index in [4.69, 9.17) is 4.74 Å². The van der Waals surface area contributed by atoms with Gasteiger partial charge in [0.1, 0.15) is 10.9 Å². The predicted octanol–water partition coefficient (Wildman–Crippen LogP) is -0.131. The number of hydrogen-bond donors (Lipinski definition) is 1. The van der Waals surface area contributed by atoms with Crippen LogP contribution in [0.25, 0.3) is 0 Å². The van der Waals surface area contributed by atoms with Crippen molar-refractivity contribution in [1.29, 1.82) is 0 Å². The molecule has 128 valence electrons. The predicted molar refractivity (Wildman–Crippen MR) is 83.7 cm³/mol. The third-order valence-electron chi connectivity index (χ3n) is 4.15. The van der Waals surface area contributed by atoms with Crippen molar-refractivity contribution in [2.75, 3.05) is 25.4 Å². The monoisotopic (exact) mass is 342 g/mol. The van der Waals surface area contributed by atoms with Crippen molar-refractivity contribution >= 4 is 15.9 Å². The lowest BCUT2D eigenvalue weighted by Gasteiger charge is -2.52. The van der Waals surface area contributed by atoms with E-state index in [-0.39, 0.29) is 24.4 Å². The molecule has 1 aromatic rings. The summed E-state index contributed by atoms with van der Waals surface area (Å²) in [6.07, 6.45) is 3.36. The second-order valence-electron chi connectivity index (χ2n) is 6.61. The lowest BCUT2D eigenvalue weighted by molar-refractivity contribution is -0.118. The molecule has 1 atom stereocenters. The molecule has 8 nitrogen and oxygen atoms in total. The Morgan fingerprint density at radius 2 is 2.22 bits per heavy atom. The van der Waals surface area contributed by atoms with Crippen LogP contribution < -0.4 is 5.32 Å². The van der Waals surface area contributed by atoms with Crippen LogP contribution >= 0.6 is 0 Å². The van der Waals surface area contributed by atoms with E-state index in [0.717, 1.165) is 0 Å². The molecule has 2 saturated heterocycles. The second-order valence-corrected chi connectivity index (χ2v) is 8.89. The summed E-state index contributed by atoms with van der Waals surface area (Å²) < 4.78 is 32.5. The Morgan fingerprint density at radius 3 is 2.78 bits per heavy atom. The minimum atomic E-state index is -3.28. The van der Waals surface area contributed by atoms with Crippen LogP contribution in [0.1, 0.15) is 13.8 Å². The van der Waals surface area contributed by atoms with Gasteiger partial charge >= 0.3 is 6.03 Å². The van der Waals surface area contributed by atoms with Crippen molar-refractivity contribution in [3.05, 3.63) is 18.5 Å². The molecule has 0 saturated carbocycles. The molecule has 0 aromatic carbocycles. The SMILES string of the molecule is CC(C)NC(=O)N1CC2(C1)CS(=O)(=O)[C@@H](Cn1cccn1)CO2. The zero-order valence-electron chi connectivity index (χ0n) is 13.3. The van der Waals surface area contributed by atoms with Gasteiger partial charge in [0.25, 0.3) is 0 Å². The van der Waals surface area contributed by atoms with E-state index in [1.54, 1.807) is 28.0 Å². The number of urea groups is 1. The highest BCUT2D eigenvalue weighted by atomic mass is 32.2. The van der Waals surface area contributed by atoms with Gasteiger partial charge in [-0.25, -0.2) is 13.2 Å². The molecule has 23 heavy (non-hydrogen) atoms. The van der Waals surface area contributed by atoms with Crippen molar-refractivity contribution in [1.82, 2.24) is 20.0 Å². The molecule has 2 amide bonds. The van der Waals surface area contributed by atoms with E-state index >= 15 is 0 Å². The molecule has 0 unspecified atom stereocenters. The summed E-state index contributed by atoms with van der Waals surface area (Å²) in [5, 5.41) is 6.25. The van der Waals surface area contributed by atoms with Gasteiger partial charge in [-0.2, -0.15) is 5.10 Å². The molecule has 3 heterocycles. The Morgan fingerprint density at radius 1 is 1.48 bits per heavy atom. The van der Waals surface area contributed by atoms with Crippen LogP contribution in [0.4, 0.5) is 4.79 Å². The first-order valence-electron chi connectivity index (χ1n) is 7.68. The first kappa shape index (κ1) is 16.3. The van der Waals surface area contributed by atoms with Gasteiger partial charge in [-0.1, -0.05) is 0 Å². The molecule has 0 aliphatic carbocycles. The Bertz CT molecular complexity index is 665. The van der Waals surface area contributed by atoms with Crippen LogP contribution in [-0.4, -0.2) is 71.5 Å². The number of sulfone groups is 1. The lowest BCUT2D eigenvalue weighted by Crippen LogP contribution is -2.72. The summed E-state index contributed by atoms with van der Waals surface area (Å²) in [6.45, 7) is 4.84. The van der Waals surface area contributed by atoms with Crippen LogP contribution in [0.5, 0.6) is 0 Å². The number of carbonyl (C=O) groups excluding carboxylic acids is 1. The third-order valence-corrected chi connectivity index (χ3v) is 6.38. The highest BCUT2D eigenvalue weighted by Gasteiger charge is 2.53. The largest absolute Gasteiger partial charge is 0.369 e. The van der Waals surface area contributed by atoms with Crippen LogP contribution in [-0.2, 0) is 21.1 Å². The highest BCUT2D eigenvalue weighted by Crippen LogP contribution is 2.33. The number of aromatic nitrogens is 2. The van der Waals surface area contributed by atoms with Gasteiger partial charge in [-0.05, 0) is 19.9 Å². The van der Waals surface area contributed by atoms with Gasteiger partial charge < -0.3 is 15.0 Å². The highest BCUT2D eigenvalue weighted by molar-refractivity contribution is 7.92. The number of ether oxygens (including phenoxy) is 1. The average Bonchev–Trinajstić information content (AvgIpc) is 2.90. The molecule has 0 bridgehead atoms. The van der Waals surface area contributed by atoms with Crippen LogP contribution in [0.2, 0.25) is 0 Å². The number of nitrogens with one attached hydrogen (secondary N) is 1. The molecule has 1 N–H and O–H groups in total. The number of rotatable bonds is 3. The molecular weight excluding hydrogens is 320 g/mol. The molecule has 2 aliphatic heterocycles. The van der Waals surface area contributed by atoms with Gasteiger partial charge in [0.05, 0.1) is 32.0 Å². The van der Waals surface area contributed by atoms with Gasteiger partial charge in [0, 0.05) is 18.4 Å². The quantitative estimate of drug-likeness (QED) is 0.826. The smallest absolute Gasteiger partial charge is 0.317 e. The van der Waals surface area contributed by atoms with Crippen molar-refractivity contribution in [3.8, 4) is 0 Å². The Labute approximate surface area is 135 Å². The van der Waals surface area contributed by atoms with Gasteiger partial charge in [-0.15, -0.1) is 0 Å². The van der Waals surface area contributed by atoms with E-state index < -0.39 is 20.7 Å². The summed E-state index contributed by atoms with van der Waals surface area (Å²) in [7, 11) is -3.28. The zero-order chi connectivity index (χ0) is 16.7. The van der Waals surface area contributed by atoms with Crippen molar-refractivity contribution in [2.45, 2.75) is 37.3 Å². The van der Waals surface area contributed by atoms with Gasteiger partial charge in [-0.3, -0.25) is 4.68 Å². The maximum atomic E-state index is 12.5. The topological polar surface area (TPSA) is 93.5 Å². The van der Waals surface area contributed by atoms with Crippen molar-refractivity contribution in [3.63, 3.8) is 0 Å². The lowest BCUT2D eigenvalue weighted by atomic mass is 9.96. The summed E-state index contributed by atoms with van der Waals surface area (Å²) >= 11 is 0. The third kappa shape index (κ3) is 3.35. The maximum absolute atomic E-state index is 12.5. The molecule has 1 spiro atoms. The molecule has 2 fully saturated rings. The van der Waals surface area contributed by atoms with Crippen molar-refractivity contribution < 1.29 is 17.9 Å². The fraction of sp³-hybridized carbons (Fsp3) is 0.714. The number of hydrogen-bond acceptors (Lipinski definition) is 5. The van der Waals surface area contributed by atoms with E-state index in [1.165, 1.54) is 0 Å². The van der Waals surface area contributed by atoms with Gasteiger partial charge in [0.15, 0.2) is 9.84 Å². The Hall–Kier alpha value is -1.61. The number of likely N-dealkylation sites (tertiary alicyclic amines) is 1. The summed E-state index contributed by atoms with van der Waals surface area (Å²) in [4.78, 5) is 13.5. The summed E-state index contributed by atoms with van der Waals surface area (Å²) in [5.41, 5.74) is -0.742. The average molecular weight is 342 g/mol. The first-order chi connectivity index (χ1) is 10.8. The number of carbonyl (C=O) groups is 1. The molecule has 1 aromatic heterocycles. The Kier molecular flexibility index (Phi) is 4.09. The van der Waals surface area contributed by atoms with E-state index in [2.05, 4.69) is 10.4 Å². The molecule has 0 radical (unpaired) electrons. The molecule has 3 rings (SSSR count). The first-order valence-corrected chi connectivity index (χ1v) is 9.40. The van der Waals surface area contributed by atoms with E-state index in [0.29, 0.717) is 19.6 Å². The number of nitrogens with zero attached hydrogens (tertiary/aromatic N) is 3. The van der Waals surface area contributed by atoms with E-state index in [1.807, 2.05) is 13.8 Å². The van der Waals surface area contributed by atoms with E-state index in [9.17, 15) is 13.2 Å². The van der Waals surface area contributed by atoms with Crippen LogP contribution in [0, 0.1) is 0 Å². The zero-order valence-corrected chi connectivity index (χ0v) is 14.1. The second kappa shape index (κ2) is 5.79. The number of amides is 2. The van der Waals surface area contributed by atoms with Gasteiger partial charge in [0.2, 0.25) is 0 Å². The summed E-state index contributed by atoms with van der Waals surface area (Å²) in [6, 6.07) is 1.63. The fourth-order valence-electron chi connectivity index (χ4n) is 3.00. The summed E-state index contributed by atoms with van der Waals surface area (Å²) in [5.74, 6) is -0.0443. The standard InChI is InChI=1S/C14H22N4O4S/c1-11(2)16-13(19)17-8-14(9-17)10-23(20,21)12(7-22-14)6-18-5-3-4-15-18/h3-5,11-12H,6-10H2,1-2H3,(H,16,19)/t12-/m0/s1. The van der Waals surface area contributed by atoms with Crippen molar-refractivity contribution in [2.24, 2.45) is 0 Å². The molecule has 2 aliphatic rings. The molecular formula is C14H22N4O4S.